The second-order valence-corrected chi connectivity index (χ2v) is 9.64. The normalized spacial score (nSPS) is 15.5. The van der Waals surface area contributed by atoms with Gasteiger partial charge in [0.15, 0.2) is 0 Å². The molecule has 0 heterocycles. The van der Waals surface area contributed by atoms with E-state index in [2.05, 4.69) is 16.0 Å². The fraction of sp³-hybridized carbons (Fsp3) is 0.833. The minimum absolute atomic E-state index is 0.212. The van der Waals surface area contributed by atoms with Gasteiger partial charge in [-0.25, -0.2) is 4.79 Å². The molecule has 3 amide bonds. The summed E-state index contributed by atoms with van der Waals surface area (Å²) in [7, 11) is 0. The fourth-order valence-electron chi connectivity index (χ4n) is 3.63. The standard InChI is InChI=1S/C24H48N6O5/c1-5-16(4)20(24(34)35)30-23(33)19(11-7-9-13-26)29-22(32)18(10-6-8-12-25)28-21(31)17(27)14-15(2)3/h15-20H,5-14,25-27H2,1-4H3,(H,28,31)(H,29,32)(H,30,33)(H,34,35). The van der Waals surface area contributed by atoms with E-state index in [1.54, 1.807) is 6.92 Å². The van der Waals surface area contributed by atoms with Crippen LogP contribution >= 0.6 is 0 Å². The van der Waals surface area contributed by atoms with E-state index >= 15 is 0 Å². The van der Waals surface area contributed by atoms with Crippen molar-refractivity contribution in [3.63, 3.8) is 0 Å². The zero-order valence-corrected chi connectivity index (χ0v) is 21.8. The Bertz CT molecular complexity index is 660. The van der Waals surface area contributed by atoms with Gasteiger partial charge in [0.2, 0.25) is 17.7 Å². The second-order valence-electron chi connectivity index (χ2n) is 9.64. The molecule has 0 radical (unpaired) electrons. The molecule has 10 N–H and O–H groups in total. The first-order valence-corrected chi connectivity index (χ1v) is 12.8. The molecule has 0 aromatic rings. The van der Waals surface area contributed by atoms with Gasteiger partial charge < -0.3 is 38.3 Å². The van der Waals surface area contributed by atoms with Crippen molar-refractivity contribution in [2.24, 2.45) is 29.0 Å². The number of unbranched alkanes of at least 4 members (excludes halogenated alkanes) is 2. The van der Waals surface area contributed by atoms with Gasteiger partial charge in [-0.1, -0.05) is 34.1 Å². The molecule has 0 aliphatic heterocycles. The molecule has 0 aliphatic rings. The van der Waals surface area contributed by atoms with Gasteiger partial charge in [0.25, 0.3) is 0 Å². The number of carboxylic acid groups (broad SMARTS) is 1. The van der Waals surface area contributed by atoms with Crippen LogP contribution in [0.25, 0.3) is 0 Å². The predicted octanol–water partition coefficient (Wildman–Crippen LogP) is 0.203. The van der Waals surface area contributed by atoms with Gasteiger partial charge in [-0.05, 0) is 69.9 Å². The number of nitrogens with one attached hydrogen (secondary N) is 3. The van der Waals surface area contributed by atoms with E-state index in [1.807, 2.05) is 20.8 Å². The van der Waals surface area contributed by atoms with Gasteiger partial charge in [-0.3, -0.25) is 14.4 Å². The molecule has 0 aromatic carbocycles. The summed E-state index contributed by atoms with van der Waals surface area (Å²) in [4.78, 5) is 50.4. The number of nitrogens with two attached hydrogens (primary N) is 3. The van der Waals surface area contributed by atoms with Crippen LogP contribution in [0.1, 0.15) is 79.1 Å². The minimum Gasteiger partial charge on any atom is -0.480 e. The highest BCUT2D eigenvalue weighted by molar-refractivity contribution is 5.94. The highest BCUT2D eigenvalue weighted by Gasteiger charge is 2.31. The monoisotopic (exact) mass is 500 g/mol. The summed E-state index contributed by atoms with van der Waals surface area (Å²) < 4.78 is 0. The van der Waals surface area contributed by atoms with E-state index in [0.717, 1.165) is 0 Å². The number of carbonyl (C=O) groups is 4. The zero-order valence-electron chi connectivity index (χ0n) is 21.8. The SMILES string of the molecule is CCC(C)C(NC(=O)C(CCCCN)NC(=O)C(CCCCN)NC(=O)C(N)CC(C)C)C(=O)O. The summed E-state index contributed by atoms with van der Waals surface area (Å²) in [5, 5.41) is 17.5. The van der Waals surface area contributed by atoms with Gasteiger partial charge in [-0.15, -0.1) is 0 Å². The lowest BCUT2D eigenvalue weighted by Gasteiger charge is -2.27. The van der Waals surface area contributed by atoms with Gasteiger partial charge in [0.05, 0.1) is 6.04 Å². The maximum Gasteiger partial charge on any atom is 0.326 e. The maximum absolute atomic E-state index is 13.2. The maximum atomic E-state index is 13.2. The molecule has 0 saturated carbocycles. The third kappa shape index (κ3) is 13.4. The average Bonchev–Trinajstić information content (AvgIpc) is 2.79. The Balaban J connectivity index is 5.56. The van der Waals surface area contributed by atoms with Crippen LogP contribution < -0.4 is 33.2 Å². The molecule has 0 saturated heterocycles. The molecule has 0 spiro atoms. The topological polar surface area (TPSA) is 203 Å². The van der Waals surface area contributed by atoms with Crippen molar-refractivity contribution in [2.45, 2.75) is 103 Å². The molecule has 11 nitrogen and oxygen atoms in total. The Labute approximate surface area is 209 Å². The summed E-state index contributed by atoms with van der Waals surface area (Å²) in [6, 6.07) is -3.68. The predicted molar refractivity (Wildman–Crippen MR) is 136 cm³/mol. The van der Waals surface area contributed by atoms with Crippen LogP contribution in [-0.2, 0) is 19.2 Å². The number of amides is 3. The number of carbonyl (C=O) groups excluding carboxylic acids is 3. The number of carboxylic acids is 1. The smallest absolute Gasteiger partial charge is 0.326 e. The second kappa shape index (κ2) is 18.1. The van der Waals surface area contributed by atoms with Crippen LogP contribution in [0.4, 0.5) is 0 Å². The van der Waals surface area contributed by atoms with Crippen LogP contribution in [-0.4, -0.2) is 66.1 Å². The van der Waals surface area contributed by atoms with Gasteiger partial charge in [0, 0.05) is 0 Å². The van der Waals surface area contributed by atoms with E-state index < -0.39 is 47.9 Å². The molecule has 5 atom stereocenters. The highest BCUT2D eigenvalue weighted by atomic mass is 16.4. The summed E-state index contributed by atoms with van der Waals surface area (Å²) in [6.45, 7) is 8.36. The molecular formula is C24H48N6O5. The number of hydrogen-bond donors (Lipinski definition) is 7. The molecule has 0 aromatic heterocycles. The van der Waals surface area contributed by atoms with Gasteiger partial charge in [-0.2, -0.15) is 0 Å². The minimum atomic E-state index is -1.13. The van der Waals surface area contributed by atoms with Crippen molar-refractivity contribution in [1.29, 1.82) is 0 Å². The molecule has 5 unspecified atom stereocenters. The van der Waals surface area contributed by atoms with E-state index in [4.69, 9.17) is 17.2 Å². The van der Waals surface area contributed by atoms with Crippen LogP contribution in [0.3, 0.4) is 0 Å². The van der Waals surface area contributed by atoms with Crippen LogP contribution in [0.15, 0.2) is 0 Å². The largest absolute Gasteiger partial charge is 0.480 e. The lowest BCUT2D eigenvalue weighted by Crippen LogP contribution is -2.57. The first kappa shape index (κ1) is 32.8. The molecule has 0 bridgehead atoms. The third-order valence-electron chi connectivity index (χ3n) is 6.00. The quantitative estimate of drug-likeness (QED) is 0.122. The van der Waals surface area contributed by atoms with E-state index in [0.29, 0.717) is 58.0 Å². The van der Waals surface area contributed by atoms with Gasteiger partial charge >= 0.3 is 5.97 Å². The van der Waals surface area contributed by atoms with E-state index in [9.17, 15) is 24.3 Å². The Morgan fingerprint density at radius 1 is 0.771 bits per heavy atom. The highest BCUT2D eigenvalue weighted by Crippen LogP contribution is 2.11. The molecule has 0 rings (SSSR count). The summed E-state index contributed by atoms with van der Waals surface area (Å²) >= 11 is 0. The van der Waals surface area contributed by atoms with Crippen molar-refractivity contribution < 1.29 is 24.3 Å². The Kier molecular flexibility index (Phi) is 16.9. The first-order valence-electron chi connectivity index (χ1n) is 12.8. The average molecular weight is 501 g/mol. The number of aliphatic carboxylic acids is 1. The molecule has 0 aliphatic carbocycles. The van der Waals surface area contributed by atoms with Crippen molar-refractivity contribution in [3.8, 4) is 0 Å². The molecular weight excluding hydrogens is 452 g/mol. The summed E-state index contributed by atoms with van der Waals surface area (Å²) in [5.41, 5.74) is 17.1. The van der Waals surface area contributed by atoms with Crippen molar-refractivity contribution in [2.75, 3.05) is 13.1 Å². The van der Waals surface area contributed by atoms with Crippen molar-refractivity contribution in [1.82, 2.24) is 16.0 Å². The van der Waals surface area contributed by atoms with E-state index in [-0.39, 0.29) is 18.3 Å². The zero-order chi connectivity index (χ0) is 27.0. The third-order valence-corrected chi connectivity index (χ3v) is 6.00. The van der Waals surface area contributed by atoms with Crippen LogP contribution in [0, 0.1) is 11.8 Å². The molecule has 35 heavy (non-hydrogen) atoms. The Morgan fingerprint density at radius 2 is 1.23 bits per heavy atom. The Morgan fingerprint density at radius 3 is 1.63 bits per heavy atom. The molecule has 204 valence electrons. The van der Waals surface area contributed by atoms with Gasteiger partial charge in [0.1, 0.15) is 18.1 Å². The van der Waals surface area contributed by atoms with Crippen molar-refractivity contribution in [3.05, 3.63) is 0 Å². The lowest BCUT2D eigenvalue weighted by atomic mass is 9.98. The first-order chi connectivity index (χ1) is 16.5. The summed E-state index contributed by atoms with van der Waals surface area (Å²) in [6.07, 6.45) is 4.16. The molecule has 11 heteroatoms. The number of hydrogen-bond acceptors (Lipinski definition) is 7. The Hall–Kier alpha value is -2.24. The van der Waals surface area contributed by atoms with Crippen molar-refractivity contribution >= 4 is 23.7 Å². The lowest BCUT2D eigenvalue weighted by molar-refractivity contribution is -0.144. The fourth-order valence-corrected chi connectivity index (χ4v) is 3.63. The van der Waals surface area contributed by atoms with Crippen LogP contribution in [0.2, 0.25) is 0 Å². The van der Waals surface area contributed by atoms with Crippen LogP contribution in [0.5, 0.6) is 0 Å². The number of rotatable bonds is 19. The molecule has 0 fully saturated rings. The van der Waals surface area contributed by atoms with E-state index in [1.165, 1.54) is 0 Å². The summed E-state index contributed by atoms with van der Waals surface area (Å²) in [5.74, 6) is -2.74.